The highest BCUT2D eigenvalue weighted by atomic mass is 19.1. The summed E-state index contributed by atoms with van der Waals surface area (Å²) in [6, 6.07) is 4.47. The van der Waals surface area contributed by atoms with Gasteiger partial charge in [-0.2, -0.15) is 0 Å². The van der Waals surface area contributed by atoms with Gasteiger partial charge in [0.25, 0.3) is 5.91 Å². The van der Waals surface area contributed by atoms with Gasteiger partial charge in [-0.05, 0) is 55.4 Å². The Kier molecular flexibility index (Phi) is 3.39. The highest BCUT2D eigenvalue weighted by molar-refractivity contribution is 5.92. The van der Waals surface area contributed by atoms with E-state index in [2.05, 4.69) is 10.3 Å². The predicted octanol–water partition coefficient (Wildman–Crippen LogP) is 2.59. The van der Waals surface area contributed by atoms with Crippen molar-refractivity contribution in [2.24, 2.45) is 11.8 Å². The molecule has 1 aliphatic carbocycles. The minimum absolute atomic E-state index is 0.0505. The first-order valence-electron chi connectivity index (χ1n) is 8.10. The Morgan fingerprint density at radius 3 is 2.70 bits per heavy atom. The average molecular weight is 314 g/mol. The van der Waals surface area contributed by atoms with Gasteiger partial charge in [-0.15, -0.1) is 5.10 Å². The Balaban J connectivity index is 1.55. The van der Waals surface area contributed by atoms with Crippen LogP contribution in [0.25, 0.3) is 5.69 Å². The Morgan fingerprint density at radius 1 is 1.26 bits per heavy atom. The van der Waals surface area contributed by atoms with Crippen LogP contribution in [0.15, 0.2) is 24.4 Å². The number of nitrogens with zero attached hydrogens (tertiary/aromatic N) is 4. The fourth-order valence-electron chi connectivity index (χ4n) is 3.92. The van der Waals surface area contributed by atoms with Crippen LogP contribution in [-0.4, -0.2) is 38.9 Å². The van der Waals surface area contributed by atoms with Gasteiger partial charge in [-0.3, -0.25) is 4.79 Å². The number of hydrogen-bond acceptors (Lipinski definition) is 3. The molecule has 4 rings (SSSR count). The predicted molar refractivity (Wildman–Crippen MR) is 82.8 cm³/mol. The lowest BCUT2D eigenvalue weighted by Gasteiger charge is -2.15. The summed E-state index contributed by atoms with van der Waals surface area (Å²) in [4.78, 5) is 14.5. The summed E-state index contributed by atoms with van der Waals surface area (Å²) >= 11 is 0. The number of fused-ring (bicyclic) bond motifs is 1. The van der Waals surface area contributed by atoms with Gasteiger partial charge in [-0.25, -0.2) is 9.07 Å². The molecule has 2 aromatic rings. The molecule has 23 heavy (non-hydrogen) atoms. The minimum atomic E-state index is -0.286. The second-order valence-corrected chi connectivity index (χ2v) is 6.64. The normalized spacial score (nSPS) is 23.3. The average Bonchev–Trinajstić information content (AvgIpc) is 3.22. The molecule has 2 heterocycles. The Bertz CT molecular complexity index is 745. The van der Waals surface area contributed by atoms with Crippen LogP contribution in [0.3, 0.4) is 0 Å². The Morgan fingerprint density at radius 2 is 2.00 bits per heavy atom. The molecule has 1 saturated carbocycles. The molecule has 120 valence electrons. The summed E-state index contributed by atoms with van der Waals surface area (Å²) in [5.41, 5.74) is 1.84. The van der Waals surface area contributed by atoms with Gasteiger partial charge in [-0.1, -0.05) is 11.6 Å². The highest BCUT2D eigenvalue weighted by Gasteiger charge is 2.38. The first-order valence-corrected chi connectivity index (χ1v) is 8.10. The van der Waals surface area contributed by atoms with Gasteiger partial charge in [0.1, 0.15) is 5.82 Å². The number of aryl methyl sites for hydroxylation is 1. The molecule has 1 aromatic carbocycles. The van der Waals surface area contributed by atoms with Crippen LogP contribution in [0.1, 0.15) is 35.3 Å². The van der Waals surface area contributed by atoms with Crippen molar-refractivity contribution in [3.8, 4) is 5.69 Å². The van der Waals surface area contributed by atoms with Crippen molar-refractivity contribution in [2.75, 3.05) is 13.1 Å². The smallest absolute Gasteiger partial charge is 0.276 e. The maximum absolute atomic E-state index is 13.2. The second kappa shape index (κ2) is 5.44. The number of benzene rings is 1. The topological polar surface area (TPSA) is 51.0 Å². The first kappa shape index (κ1) is 14.4. The number of halogens is 1. The van der Waals surface area contributed by atoms with Gasteiger partial charge in [0.05, 0.1) is 11.9 Å². The summed E-state index contributed by atoms with van der Waals surface area (Å²) in [5.74, 6) is 0.985. The lowest BCUT2D eigenvalue weighted by atomic mass is 10.0. The third-order valence-electron chi connectivity index (χ3n) is 5.13. The molecule has 2 atom stereocenters. The maximum Gasteiger partial charge on any atom is 0.276 e. The van der Waals surface area contributed by atoms with Crippen LogP contribution in [0, 0.1) is 24.6 Å². The fraction of sp³-hybridized carbons (Fsp3) is 0.471. The van der Waals surface area contributed by atoms with Gasteiger partial charge >= 0.3 is 0 Å². The Hall–Kier alpha value is -2.24. The number of hydrogen-bond donors (Lipinski definition) is 0. The quantitative estimate of drug-likeness (QED) is 0.856. The third-order valence-corrected chi connectivity index (χ3v) is 5.13. The fourth-order valence-corrected chi connectivity index (χ4v) is 3.92. The van der Waals surface area contributed by atoms with Crippen molar-refractivity contribution in [3.63, 3.8) is 0 Å². The number of aromatic nitrogens is 3. The molecule has 0 radical (unpaired) electrons. The zero-order chi connectivity index (χ0) is 16.0. The number of carbonyl (C=O) groups excluding carboxylic acids is 1. The summed E-state index contributed by atoms with van der Waals surface area (Å²) in [7, 11) is 0. The molecule has 0 spiro atoms. The molecule has 1 saturated heterocycles. The van der Waals surface area contributed by atoms with Crippen LogP contribution in [0.4, 0.5) is 4.39 Å². The number of amides is 1. The standard InChI is InChI=1S/C17H19FN4O/c1-11-7-14(18)5-6-16(11)22-10-15(19-20-22)17(23)21-8-12-3-2-4-13(12)9-21/h5-7,10,12-13H,2-4,8-9H2,1H3/t12-,13+. The van der Waals surface area contributed by atoms with E-state index < -0.39 is 0 Å². The number of likely N-dealkylation sites (tertiary alicyclic amines) is 1. The molecule has 0 bridgehead atoms. The molecule has 6 heteroatoms. The zero-order valence-electron chi connectivity index (χ0n) is 13.1. The van der Waals surface area contributed by atoms with Gasteiger partial charge < -0.3 is 4.90 Å². The highest BCUT2D eigenvalue weighted by Crippen LogP contribution is 2.38. The monoisotopic (exact) mass is 314 g/mol. The van der Waals surface area contributed by atoms with Gasteiger partial charge in [0.15, 0.2) is 5.69 Å². The molecule has 2 fully saturated rings. The molecule has 5 nitrogen and oxygen atoms in total. The van der Waals surface area contributed by atoms with Gasteiger partial charge in [0.2, 0.25) is 0 Å². The van der Waals surface area contributed by atoms with Crippen molar-refractivity contribution in [2.45, 2.75) is 26.2 Å². The molecule has 1 aliphatic heterocycles. The lowest BCUT2D eigenvalue weighted by molar-refractivity contribution is 0.0774. The SMILES string of the molecule is Cc1cc(F)ccc1-n1cc(C(=O)N2C[C@H]3CCC[C@H]3C2)nn1. The van der Waals surface area contributed by atoms with E-state index >= 15 is 0 Å². The van der Waals surface area contributed by atoms with Crippen molar-refractivity contribution >= 4 is 5.91 Å². The number of carbonyl (C=O) groups is 1. The van der Waals surface area contributed by atoms with E-state index in [-0.39, 0.29) is 11.7 Å². The van der Waals surface area contributed by atoms with E-state index in [4.69, 9.17) is 0 Å². The van der Waals surface area contributed by atoms with Crippen LogP contribution >= 0.6 is 0 Å². The molecule has 2 aliphatic rings. The van der Waals surface area contributed by atoms with Crippen molar-refractivity contribution < 1.29 is 9.18 Å². The summed E-state index contributed by atoms with van der Waals surface area (Å²) < 4.78 is 14.7. The van der Waals surface area contributed by atoms with E-state index in [1.165, 1.54) is 31.4 Å². The summed E-state index contributed by atoms with van der Waals surface area (Å²) in [5, 5.41) is 8.06. The molecular formula is C17H19FN4O. The third kappa shape index (κ3) is 2.52. The Labute approximate surface area is 134 Å². The minimum Gasteiger partial charge on any atom is -0.337 e. The zero-order valence-corrected chi connectivity index (χ0v) is 13.1. The lowest BCUT2D eigenvalue weighted by Crippen LogP contribution is -2.29. The van der Waals surface area contributed by atoms with Crippen LogP contribution in [0.2, 0.25) is 0 Å². The van der Waals surface area contributed by atoms with E-state index in [9.17, 15) is 9.18 Å². The van der Waals surface area contributed by atoms with Gasteiger partial charge in [0, 0.05) is 13.1 Å². The second-order valence-electron chi connectivity index (χ2n) is 6.64. The van der Waals surface area contributed by atoms with E-state index in [0.717, 1.165) is 24.3 Å². The molecular weight excluding hydrogens is 295 g/mol. The van der Waals surface area contributed by atoms with Crippen molar-refractivity contribution in [1.82, 2.24) is 19.9 Å². The summed E-state index contributed by atoms with van der Waals surface area (Å²) in [6.07, 6.45) is 5.39. The van der Waals surface area contributed by atoms with E-state index in [1.807, 2.05) is 11.8 Å². The maximum atomic E-state index is 13.2. The molecule has 0 unspecified atom stereocenters. The first-order chi connectivity index (χ1) is 11.1. The molecule has 1 aromatic heterocycles. The number of rotatable bonds is 2. The van der Waals surface area contributed by atoms with Crippen LogP contribution < -0.4 is 0 Å². The summed E-state index contributed by atoms with van der Waals surface area (Å²) in [6.45, 7) is 3.49. The van der Waals surface area contributed by atoms with Crippen LogP contribution in [-0.2, 0) is 0 Å². The van der Waals surface area contributed by atoms with Crippen molar-refractivity contribution in [1.29, 1.82) is 0 Å². The molecule has 0 N–H and O–H groups in total. The van der Waals surface area contributed by atoms with Crippen LogP contribution in [0.5, 0.6) is 0 Å². The molecule has 1 amide bonds. The largest absolute Gasteiger partial charge is 0.337 e. The van der Waals surface area contributed by atoms with Crippen molar-refractivity contribution in [3.05, 3.63) is 41.5 Å². The van der Waals surface area contributed by atoms with E-state index in [1.54, 1.807) is 16.9 Å². The van der Waals surface area contributed by atoms with E-state index in [0.29, 0.717) is 17.5 Å².